The van der Waals surface area contributed by atoms with Crippen LogP contribution in [-0.2, 0) is 54.5 Å². The molecule has 21 heteroatoms. The highest BCUT2D eigenvalue weighted by molar-refractivity contribution is 8.03. The van der Waals surface area contributed by atoms with E-state index in [0.29, 0.717) is 25.0 Å². The molecule has 0 aliphatic heterocycles. The number of ether oxygens (including phenoxy) is 1. The summed E-state index contributed by atoms with van der Waals surface area (Å²) in [5.41, 5.74) is -1.06. The minimum atomic E-state index is -7.32. The highest BCUT2D eigenvalue weighted by atomic mass is 32.3. The number of alkyl halides is 6. The molecule has 1 N–H and O–H groups in total. The number of benzene rings is 1. The molecule has 0 radical (unpaired) electrons. The summed E-state index contributed by atoms with van der Waals surface area (Å²) in [7, 11) is -20.0. The van der Waals surface area contributed by atoms with Gasteiger partial charge in [0.15, 0.2) is 4.90 Å². The van der Waals surface area contributed by atoms with E-state index < -0.39 is 82.3 Å². The Kier molecular flexibility index (Phi) is 10.7. The summed E-state index contributed by atoms with van der Waals surface area (Å²) in [5, 5.41) is -13.8. The summed E-state index contributed by atoms with van der Waals surface area (Å²) in [6, 6.07) is 7.08. The van der Waals surface area contributed by atoms with E-state index in [-0.39, 0.29) is 33.8 Å². The van der Waals surface area contributed by atoms with Crippen LogP contribution in [0.15, 0.2) is 29.2 Å². The lowest BCUT2D eigenvalue weighted by atomic mass is 9.48. The lowest BCUT2D eigenvalue weighted by Gasteiger charge is -2.57. The first-order valence-electron chi connectivity index (χ1n) is 14.9. The molecule has 0 aromatic heterocycles. The Labute approximate surface area is 278 Å². The number of carbonyl (C=O) groups excluding carboxylic acids is 1. The van der Waals surface area contributed by atoms with Gasteiger partial charge in [-0.15, -0.1) is 0 Å². The molecule has 4 fully saturated rings. The SMILES string of the molecule is CC[S+](CC)c1ccc(OC(=O)C23CC4CC(C2)C(OS(=O)(=O)NS(=O)(=O)C(F)(F)C(F)(F)C(F)(F)S(=O)(=O)OC(C)C)C(C4)C3)cc1. The molecule has 0 saturated heterocycles. The van der Waals surface area contributed by atoms with Gasteiger partial charge in [-0.1, -0.05) is 4.13 Å². The standard InChI is InChI=1S/C27H36F6NO10S4/c1-5-45(6-2)21-9-7-20(8-10-21)42-23(35)24-13-17-11-18(14-24)22(19(12-17)15-24)44-48(40,41)34-46(36,37)26(30,31)25(28,29)27(32,33)47(38,39)43-16(3)4/h7-10,16-19,22,34H,5-6,11-15H2,1-4H3/q+1. The number of halogens is 6. The van der Waals surface area contributed by atoms with Crippen molar-refractivity contribution in [2.75, 3.05) is 11.5 Å². The van der Waals surface area contributed by atoms with Crippen LogP contribution in [0.25, 0.3) is 0 Å². The number of hydrogen-bond acceptors (Lipinski definition) is 10. The van der Waals surface area contributed by atoms with Crippen LogP contribution in [0.5, 0.6) is 5.75 Å². The Morgan fingerprint density at radius 2 is 1.42 bits per heavy atom. The summed E-state index contributed by atoms with van der Waals surface area (Å²) in [5.74, 6) is -7.14. The van der Waals surface area contributed by atoms with Crippen LogP contribution in [0, 0.1) is 23.2 Å². The summed E-state index contributed by atoms with van der Waals surface area (Å²) < 4.78 is 174. The summed E-state index contributed by atoms with van der Waals surface area (Å²) >= 11 is 0. The van der Waals surface area contributed by atoms with Crippen molar-refractivity contribution in [3.63, 3.8) is 0 Å². The van der Waals surface area contributed by atoms with E-state index in [1.54, 1.807) is 12.1 Å². The molecule has 0 amide bonds. The lowest BCUT2D eigenvalue weighted by molar-refractivity contribution is -0.246. The van der Waals surface area contributed by atoms with Gasteiger partial charge < -0.3 is 4.74 Å². The van der Waals surface area contributed by atoms with E-state index in [1.165, 1.54) is 0 Å². The van der Waals surface area contributed by atoms with Gasteiger partial charge >= 0.3 is 42.8 Å². The fraction of sp³-hybridized carbons (Fsp3) is 0.741. The molecule has 11 nitrogen and oxygen atoms in total. The van der Waals surface area contributed by atoms with E-state index in [1.807, 2.05) is 12.1 Å². The normalized spacial score (nSPS) is 26.8. The third kappa shape index (κ3) is 6.97. The first kappa shape index (κ1) is 39.1. The smallest absolute Gasteiger partial charge is 0.426 e. The van der Waals surface area contributed by atoms with Gasteiger partial charge in [0.1, 0.15) is 17.3 Å². The van der Waals surface area contributed by atoms with Crippen LogP contribution in [0.4, 0.5) is 26.3 Å². The van der Waals surface area contributed by atoms with Gasteiger partial charge in [-0.3, -0.25) is 13.2 Å². The van der Waals surface area contributed by atoms with Gasteiger partial charge in [0.05, 0.1) is 17.6 Å². The molecule has 0 heterocycles. The molecule has 5 rings (SSSR count). The van der Waals surface area contributed by atoms with Gasteiger partial charge in [-0.25, -0.2) is 8.42 Å². The molecule has 48 heavy (non-hydrogen) atoms. The Bertz CT molecular complexity index is 1690. The van der Waals surface area contributed by atoms with E-state index in [2.05, 4.69) is 18.0 Å². The molecule has 2 unspecified atom stereocenters. The minimum Gasteiger partial charge on any atom is -0.426 e. The van der Waals surface area contributed by atoms with Crippen molar-refractivity contribution in [1.29, 1.82) is 0 Å². The molecule has 274 valence electrons. The van der Waals surface area contributed by atoms with Crippen LogP contribution >= 0.6 is 0 Å². The van der Waals surface area contributed by atoms with E-state index in [4.69, 9.17) is 8.92 Å². The number of esters is 1. The molecular formula is C27H36F6NO10S4+. The predicted molar refractivity (Wildman–Crippen MR) is 161 cm³/mol. The first-order chi connectivity index (χ1) is 21.9. The maximum Gasteiger partial charge on any atom is 0.439 e. The van der Waals surface area contributed by atoms with Gasteiger partial charge in [-0.2, -0.15) is 43.2 Å². The summed E-state index contributed by atoms with van der Waals surface area (Å²) in [4.78, 5) is 14.6. The largest absolute Gasteiger partial charge is 0.439 e. The Hall–Kier alpha value is -1.65. The van der Waals surface area contributed by atoms with Crippen LogP contribution < -0.4 is 8.86 Å². The van der Waals surface area contributed by atoms with Crippen LogP contribution in [-0.4, -0.2) is 71.4 Å². The summed E-state index contributed by atoms with van der Waals surface area (Å²) in [6.07, 6.45) is -2.06. The van der Waals surface area contributed by atoms with Crippen molar-refractivity contribution in [3.8, 4) is 5.75 Å². The van der Waals surface area contributed by atoms with Crippen molar-refractivity contribution < 1.29 is 69.5 Å². The van der Waals surface area contributed by atoms with Gasteiger partial charge in [0.2, 0.25) is 0 Å². The zero-order chi connectivity index (χ0) is 36.3. The van der Waals surface area contributed by atoms with Crippen molar-refractivity contribution in [3.05, 3.63) is 24.3 Å². The third-order valence-corrected chi connectivity index (χ3v) is 15.8. The first-order valence-corrected chi connectivity index (χ1v) is 20.7. The maximum atomic E-state index is 14.6. The van der Waals surface area contributed by atoms with Crippen LogP contribution in [0.1, 0.15) is 59.8 Å². The molecule has 0 spiro atoms. The molecule has 1 aromatic rings. The van der Waals surface area contributed by atoms with Crippen molar-refractivity contribution in [1.82, 2.24) is 4.13 Å². The Balaban J connectivity index is 1.49. The molecule has 4 bridgehead atoms. The fourth-order valence-electron chi connectivity index (χ4n) is 7.00. The van der Waals surface area contributed by atoms with E-state index in [0.717, 1.165) is 30.2 Å². The van der Waals surface area contributed by atoms with Crippen LogP contribution in [0.2, 0.25) is 0 Å². The zero-order valence-corrected chi connectivity index (χ0v) is 29.4. The van der Waals surface area contributed by atoms with E-state index in [9.17, 15) is 56.4 Å². The number of hydrogen-bond donors (Lipinski definition) is 1. The van der Waals surface area contributed by atoms with Gasteiger partial charge in [0, 0.05) is 10.9 Å². The molecular weight excluding hydrogens is 741 g/mol. The predicted octanol–water partition coefficient (Wildman–Crippen LogP) is 4.56. The molecule has 4 saturated carbocycles. The Morgan fingerprint density at radius 3 is 1.90 bits per heavy atom. The second kappa shape index (κ2) is 13.2. The minimum absolute atomic E-state index is 0.0210. The number of carbonyl (C=O) groups is 1. The average Bonchev–Trinajstić information content (AvgIpc) is 2.94. The van der Waals surface area contributed by atoms with Gasteiger partial charge in [0.25, 0.3) is 10.0 Å². The van der Waals surface area contributed by atoms with Crippen LogP contribution in [0.3, 0.4) is 0 Å². The highest BCUT2D eigenvalue weighted by Gasteiger charge is 2.83. The van der Waals surface area contributed by atoms with E-state index >= 15 is 0 Å². The molecule has 4 aliphatic rings. The van der Waals surface area contributed by atoms with Gasteiger partial charge in [-0.05, 0) is 102 Å². The Morgan fingerprint density at radius 1 is 0.896 bits per heavy atom. The number of nitrogens with one attached hydrogen (secondary N) is 1. The number of rotatable bonds is 15. The highest BCUT2D eigenvalue weighted by Crippen LogP contribution is 2.61. The quantitative estimate of drug-likeness (QED) is 0.0880. The topological polar surface area (TPSA) is 159 Å². The monoisotopic (exact) mass is 776 g/mol. The molecule has 2 atom stereocenters. The third-order valence-electron chi connectivity index (χ3n) is 8.84. The molecule has 1 aromatic carbocycles. The summed E-state index contributed by atoms with van der Waals surface area (Å²) in [6.45, 7) is 5.71. The fourth-order valence-corrected chi connectivity index (χ4v) is 12.5. The average molecular weight is 777 g/mol. The lowest BCUT2D eigenvalue weighted by Crippen LogP contribution is -2.64. The second-order valence-corrected chi connectivity index (χ2v) is 20.0. The zero-order valence-electron chi connectivity index (χ0n) is 26.1. The molecule has 4 aliphatic carbocycles. The maximum absolute atomic E-state index is 14.6. The second-order valence-electron chi connectivity index (χ2n) is 12.5. The number of sulfonamides is 1. The van der Waals surface area contributed by atoms with Crippen molar-refractivity contribution >= 4 is 47.3 Å². The van der Waals surface area contributed by atoms with Crippen molar-refractivity contribution in [2.24, 2.45) is 23.2 Å². The van der Waals surface area contributed by atoms with Crippen molar-refractivity contribution in [2.45, 2.75) is 93.3 Å².